The molecule has 0 aliphatic rings. The summed E-state index contributed by atoms with van der Waals surface area (Å²) in [7, 11) is 1.65. The van der Waals surface area contributed by atoms with Gasteiger partial charge in [0.15, 0.2) is 0 Å². The number of rotatable bonds is 4. The van der Waals surface area contributed by atoms with Gasteiger partial charge < -0.3 is 14.6 Å². The number of aryl methyl sites for hydroxylation is 2. The van der Waals surface area contributed by atoms with Gasteiger partial charge in [0, 0.05) is 22.8 Å². The fourth-order valence-electron chi connectivity index (χ4n) is 2.62. The SMILES string of the molecule is COc1ccc2c(ccn2CC(=O)Nc2ccc(C)c(C)c2)c1. The van der Waals surface area contributed by atoms with Crippen LogP contribution in [0, 0.1) is 13.8 Å². The quantitative estimate of drug-likeness (QED) is 0.794. The minimum atomic E-state index is -0.0402. The standard InChI is InChI=1S/C19H20N2O2/c1-13-4-5-16(10-14(13)2)20-19(22)12-21-9-8-15-11-17(23-3)6-7-18(15)21/h4-11H,12H2,1-3H3,(H,20,22). The number of amides is 1. The van der Waals surface area contributed by atoms with Crippen LogP contribution in [0.3, 0.4) is 0 Å². The number of benzene rings is 2. The molecule has 3 rings (SSSR count). The average molecular weight is 308 g/mol. The lowest BCUT2D eigenvalue weighted by atomic mass is 10.1. The molecule has 0 saturated heterocycles. The van der Waals surface area contributed by atoms with E-state index in [1.807, 2.05) is 60.2 Å². The molecule has 4 heteroatoms. The molecule has 0 spiro atoms. The van der Waals surface area contributed by atoms with Crippen LogP contribution in [-0.2, 0) is 11.3 Å². The van der Waals surface area contributed by atoms with Crippen molar-refractivity contribution >= 4 is 22.5 Å². The zero-order valence-electron chi connectivity index (χ0n) is 13.6. The van der Waals surface area contributed by atoms with Crippen molar-refractivity contribution in [3.8, 4) is 5.75 Å². The Hall–Kier alpha value is -2.75. The summed E-state index contributed by atoms with van der Waals surface area (Å²) >= 11 is 0. The second kappa shape index (κ2) is 6.16. The molecule has 0 atom stereocenters. The summed E-state index contributed by atoms with van der Waals surface area (Å²) in [6.45, 7) is 4.38. The van der Waals surface area contributed by atoms with Crippen molar-refractivity contribution < 1.29 is 9.53 Å². The summed E-state index contributed by atoms with van der Waals surface area (Å²) in [5, 5.41) is 4.01. The van der Waals surface area contributed by atoms with E-state index in [4.69, 9.17) is 4.74 Å². The number of methoxy groups -OCH3 is 1. The summed E-state index contributed by atoms with van der Waals surface area (Å²) in [6.07, 6.45) is 1.92. The Kier molecular flexibility index (Phi) is 4.06. The average Bonchev–Trinajstić information content (AvgIpc) is 2.93. The molecular formula is C19H20N2O2. The normalized spacial score (nSPS) is 10.7. The van der Waals surface area contributed by atoms with Crippen molar-refractivity contribution in [1.82, 2.24) is 4.57 Å². The first-order chi connectivity index (χ1) is 11.1. The van der Waals surface area contributed by atoms with Crippen LogP contribution in [-0.4, -0.2) is 17.6 Å². The number of fused-ring (bicyclic) bond motifs is 1. The van der Waals surface area contributed by atoms with E-state index in [-0.39, 0.29) is 12.5 Å². The number of nitrogens with one attached hydrogen (secondary N) is 1. The fourth-order valence-corrected chi connectivity index (χ4v) is 2.62. The van der Waals surface area contributed by atoms with Crippen molar-refractivity contribution in [3.05, 3.63) is 59.8 Å². The van der Waals surface area contributed by atoms with Gasteiger partial charge in [0.2, 0.25) is 5.91 Å². The Labute approximate surface area is 135 Å². The maximum absolute atomic E-state index is 12.3. The number of nitrogens with zero attached hydrogens (tertiary/aromatic N) is 1. The lowest BCUT2D eigenvalue weighted by Gasteiger charge is -2.09. The molecular weight excluding hydrogens is 288 g/mol. The topological polar surface area (TPSA) is 43.3 Å². The summed E-state index contributed by atoms with van der Waals surface area (Å²) in [5.41, 5.74) is 4.23. The van der Waals surface area contributed by atoms with E-state index < -0.39 is 0 Å². The van der Waals surface area contributed by atoms with Gasteiger partial charge in [-0.2, -0.15) is 0 Å². The first-order valence-electron chi connectivity index (χ1n) is 7.57. The molecule has 1 N–H and O–H groups in total. The Balaban J connectivity index is 1.76. The molecule has 0 aliphatic carbocycles. The highest BCUT2D eigenvalue weighted by molar-refractivity contribution is 5.92. The van der Waals surface area contributed by atoms with E-state index in [9.17, 15) is 4.79 Å². The summed E-state index contributed by atoms with van der Waals surface area (Å²) in [6, 6.07) is 13.8. The van der Waals surface area contributed by atoms with Gasteiger partial charge in [-0.05, 0) is 61.4 Å². The van der Waals surface area contributed by atoms with E-state index in [1.54, 1.807) is 7.11 Å². The predicted molar refractivity (Wildman–Crippen MR) is 93.0 cm³/mol. The molecule has 1 heterocycles. The van der Waals surface area contributed by atoms with Crippen LogP contribution >= 0.6 is 0 Å². The number of hydrogen-bond donors (Lipinski definition) is 1. The highest BCUT2D eigenvalue weighted by atomic mass is 16.5. The molecule has 23 heavy (non-hydrogen) atoms. The van der Waals surface area contributed by atoms with Crippen molar-refractivity contribution in [2.24, 2.45) is 0 Å². The van der Waals surface area contributed by atoms with Crippen molar-refractivity contribution in [2.75, 3.05) is 12.4 Å². The Morgan fingerprint density at radius 1 is 1.09 bits per heavy atom. The van der Waals surface area contributed by atoms with Gasteiger partial charge in [-0.15, -0.1) is 0 Å². The molecule has 3 aromatic rings. The van der Waals surface area contributed by atoms with Crippen LogP contribution in [0.2, 0.25) is 0 Å². The van der Waals surface area contributed by atoms with E-state index in [1.165, 1.54) is 11.1 Å². The zero-order chi connectivity index (χ0) is 16.4. The van der Waals surface area contributed by atoms with Crippen molar-refractivity contribution in [3.63, 3.8) is 0 Å². The molecule has 0 radical (unpaired) electrons. The van der Waals surface area contributed by atoms with Gasteiger partial charge in [0.05, 0.1) is 7.11 Å². The Morgan fingerprint density at radius 3 is 2.65 bits per heavy atom. The first kappa shape index (κ1) is 15.2. The molecule has 1 amide bonds. The van der Waals surface area contributed by atoms with Crippen molar-refractivity contribution in [2.45, 2.75) is 20.4 Å². The zero-order valence-corrected chi connectivity index (χ0v) is 13.6. The molecule has 118 valence electrons. The van der Waals surface area contributed by atoms with Crippen LogP contribution in [0.1, 0.15) is 11.1 Å². The molecule has 0 fully saturated rings. The van der Waals surface area contributed by atoms with Gasteiger partial charge in [-0.1, -0.05) is 6.07 Å². The number of hydrogen-bond acceptors (Lipinski definition) is 2. The van der Waals surface area contributed by atoms with E-state index >= 15 is 0 Å². The lowest BCUT2D eigenvalue weighted by molar-refractivity contribution is -0.116. The third-order valence-electron chi connectivity index (χ3n) is 4.08. The Bertz CT molecular complexity index is 865. The fraction of sp³-hybridized carbons (Fsp3) is 0.211. The van der Waals surface area contributed by atoms with Gasteiger partial charge in [-0.25, -0.2) is 0 Å². The molecule has 0 saturated carbocycles. The Morgan fingerprint density at radius 2 is 1.91 bits per heavy atom. The minimum Gasteiger partial charge on any atom is -0.497 e. The third kappa shape index (κ3) is 3.21. The second-order valence-corrected chi connectivity index (χ2v) is 5.72. The van der Waals surface area contributed by atoms with Gasteiger partial charge in [0.1, 0.15) is 12.3 Å². The van der Waals surface area contributed by atoms with Crippen LogP contribution in [0.15, 0.2) is 48.7 Å². The highest BCUT2D eigenvalue weighted by Crippen LogP contribution is 2.22. The van der Waals surface area contributed by atoms with Crippen LogP contribution < -0.4 is 10.1 Å². The summed E-state index contributed by atoms with van der Waals surface area (Å²) < 4.78 is 7.16. The monoisotopic (exact) mass is 308 g/mol. The molecule has 1 aromatic heterocycles. The number of carbonyl (C=O) groups is 1. The van der Waals surface area contributed by atoms with Gasteiger partial charge >= 0.3 is 0 Å². The smallest absolute Gasteiger partial charge is 0.244 e. The van der Waals surface area contributed by atoms with Crippen LogP contribution in [0.25, 0.3) is 10.9 Å². The highest BCUT2D eigenvalue weighted by Gasteiger charge is 2.08. The maximum atomic E-state index is 12.3. The number of ether oxygens (including phenoxy) is 1. The number of anilines is 1. The summed E-state index contributed by atoms with van der Waals surface area (Å²) in [4.78, 5) is 12.3. The van der Waals surface area contributed by atoms with Crippen molar-refractivity contribution in [1.29, 1.82) is 0 Å². The number of carbonyl (C=O) groups excluding carboxylic acids is 1. The lowest BCUT2D eigenvalue weighted by Crippen LogP contribution is -2.18. The molecule has 2 aromatic carbocycles. The van der Waals surface area contributed by atoms with E-state index in [0.29, 0.717) is 0 Å². The molecule has 0 bridgehead atoms. The first-order valence-corrected chi connectivity index (χ1v) is 7.57. The predicted octanol–water partition coefficient (Wildman–Crippen LogP) is 3.91. The van der Waals surface area contributed by atoms with E-state index in [2.05, 4.69) is 12.2 Å². The summed E-state index contributed by atoms with van der Waals surface area (Å²) in [5.74, 6) is 0.774. The largest absolute Gasteiger partial charge is 0.497 e. The maximum Gasteiger partial charge on any atom is 0.244 e. The van der Waals surface area contributed by atoms with Gasteiger partial charge in [0.25, 0.3) is 0 Å². The molecule has 4 nitrogen and oxygen atoms in total. The third-order valence-corrected chi connectivity index (χ3v) is 4.08. The van der Waals surface area contributed by atoms with Gasteiger partial charge in [-0.3, -0.25) is 4.79 Å². The van der Waals surface area contributed by atoms with Crippen LogP contribution in [0.5, 0.6) is 5.75 Å². The molecule has 0 aliphatic heterocycles. The van der Waals surface area contributed by atoms with Crippen LogP contribution in [0.4, 0.5) is 5.69 Å². The number of aromatic nitrogens is 1. The molecule has 0 unspecified atom stereocenters. The second-order valence-electron chi connectivity index (χ2n) is 5.72. The van der Waals surface area contributed by atoms with E-state index in [0.717, 1.165) is 22.3 Å². The minimum absolute atomic E-state index is 0.0402.